The van der Waals surface area contributed by atoms with Crippen LogP contribution in [0, 0.1) is 5.92 Å². The van der Waals surface area contributed by atoms with Gasteiger partial charge in [-0.05, 0) is 73.4 Å². The number of phenolic OH excluding ortho intramolecular Hbond substituents is 1. The van der Waals surface area contributed by atoms with Crippen molar-refractivity contribution in [3.05, 3.63) is 52.6 Å². The smallest absolute Gasteiger partial charge is 0.322 e. The molecule has 62 heavy (non-hydrogen) atoms. The van der Waals surface area contributed by atoms with Gasteiger partial charge in [-0.1, -0.05) is 26.0 Å². The van der Waals surface area contributed by atoms with Gasteiger partial charge in [-0.3, -0.25) is 38.4 Å². The van der Waals surface area contributed by atoms with Crippen LogP contribution < -0.4 is 47.3 Å². The van der Waals surface area contributed by atoms with E-state index in [2.05, 4.69) is 42.5 Å². The molecule has 8 atom stereocenters. The number of carbonyl (C=O) groups is 9. The number of anilines is 1. The normalized spacial score (nSPS) is 20.4. The zero-order valence-electron chi connectivity index (χ0n) is 34.4. The summed E-state index contributed by atoms with van der Waals surface area (Å²) in [5, 5.41) is 52.7. The molecule has 334 valence electrons. The van der Waals surface area contributed by atoms with E-state index in [0.717, 1.165) is 0 Å². The molecule has 1 saturated heterocycles. The average Bonchev–Trinajstić information content (AvgIpc) is 3.90. The summed E-state index contributed by atoms with van der Waals surface area (Å²) in [6.45, 7) is 3.57. The number of aldehydes is 1. The van der Waals surface area contributed by atoms with Crippen molar-refractivity contribution < 1.29 is 63.2 Å². The van der Waals surface area contributed by atoms with E-state index in [4.69, 9.17) is 9.84 Å². The Morgan fingerprint density at radius 2 is 1.73 bits per heavy atom. The van der Waals surface area contributed by atoms with Crippen LogP contribution in [-0.2, 0) is 55.0 Å². The van der Waals surface area contributed by atoms with Gasteiger partial charge in [0.2, 0.25) is 41.9 Å². The van der Waals surface area contributed by atoms with Crippen LogP contribution in [0.1, 0.15) is 81.2 Å². The van der Waals surface area contributed by atoms with Gasteiger partial charge in [-0.15, -0.1) is 0 Å². The Morgan fingerprint density at radius 1 is 0.968 bits per heavy atom. The number of carbonyl (C=O) groups excluding carboxylic acids is 8. The van der Waals surface area contributed by atoms with Gasteiger partial charge in [0.25, 0.3) is 0 Å². The number of carboxylic acids is 1. The number of aliphatic carboxylic acids is 1. The number of aliphatic hydroxyl groups is 1. The maximum Gasteiger partial charge on any atom is 0.322 e. The number of aliphatic hydroxyl groups excluding tert-OH is 1. The molecule has 3 aliphatic rings. The first kappa shape index (κ1) is 46.3. The minimum absolute atomic E-state index is 0.0359. The van der Waals surface area contributed by atoms with Gasteiger partial charge in [0, 0.05) is 24.4 Å². The molecule has 0 aliphatic carbocycles. The van der Waals surface area contributed by atoms with Crippen LogP contribution in [-0.4, -0.2) is 119 Å². The van der Waals surface area contributed by atoms with E-state index in [1.807, 2.05) is 13.8 Å². The van der Waals surface area contributed by atoms with Crippen LogP contribution in [0.5, 0.6) is 11.5 Å². The van der Waals surface area contributed by atoms with Crippen molar-refractivity contribution in [2.24, 2.45) is 5.92 Å². The maximum absolute atomic E-state index is 14.0. The van der Waals surface area contributed by atoms with Crippen molar-refractivity contribution in [2.45, 2.75) is 101 Å². The van der Waals surface area contributed by atoms with Crippen LogP contribution in [0.15, 0.2) is 30.3 Å². The summed E-state index contributed by atoms with van der Waals surface area (Å²) in [4.78, 5) is 111. The van der Waals surface area contributed by atoms with Crippen LogP contribution >= 0.6 is 0 Å². The SMILES string of the molecule is CCC(=O)NC(C[C@@]12c3cccc(O)c3NC1Oc1c(CC(C)CC(C)NC(=O)C3CCC(=O)N3)cc(C(O)C(NC=O)C(=O)NCC=O)cc12)C(=O)NCC(=O)NCC(=O)O. The van der Waals surface area contributed by atoms with Crippen LogP contribution in [0.25, 0.3) is 0 Å². The molecule has 0 spiro atoms. The van der Waals surface area contributed by atoms with E-state index in [9.17, 15) is 53.4 Å². The molecule has 3 heterocycles. The van der Waals surface area contributed by atoms with E-state index in [1.54, 1.807) is 25.1 Å². The molecule has 21 nitrogen and oxygen atoms in total. The minimum Gasteiger partial charge on any atom is -0.506 e. The second kappa shape index (κ2) is 20.2. The Kier molecular flexibility index (Phi) is 15.1. The highest BCUT2D eigenvalue weighted by Crippen LogP contribution is 2.59. The number of nitrogens with one attached hydrogen (secondary N) is 8. The van der Waals surface area contributed by atoms with E-state index >= 15 is 0 Å². The molecule has 2 aromatic rings. The van der Waals surface area contributed by atoms with E-state index in [0.29, 0.717) is 41.6 Å². The molecule has 2 aromatic carbocycles. The molecular formula is C41H52N8O13. The fourth-order valence-corrected chi connectivity index (χ4v) is 8.29. The number of rotatable bonds is 22. The highest BCUT2D eigenvalue weighted by atomic mass is 16.5. The Morgan fingerprint density at radius 3 is 2.39 bits per heavy atom. The molecule has 1 fully saturated rings. The standard InChI is InChI=1S/C41H52N8O13/c1-4-29(53)48-27(37(59)44-17-31(55)43-18-32(56)57)16-41-24-6-5-7-28(52)33(24)49-40(41)62-36-23(13-20(2)12-21(3)46-38(60)26-8-9-30(54)47-26)14-22(15-25(36)41)35(58)34(45-19-51)39(61)42-10-11-50/h5-7,11,14-15,19-21,26-27,34-35,40,49,52,58H,4,8-10,12-13,16-18H2,1-3H3,(H,42,61)(H,43,55)(H,44,59)(H,45,51)(H,46,60)(H,47,54)(H,48,53)(H,56,57)/t20?,21?,26?,27?,34?,35?,40?,41-/m0/s1. The second-order valence-electron chi connectivity index (χ2n) is 15.7. The van der Waals surface area contributed by atoms with Gasteiger partial charge >= 0.3 is 5.97 Å². The number of hydrogen-bond donors (Lipinski definition) is 11. The number of phenols is 1. The summed E-state index contributed by atoms with van der Waals surface area (Å²) in [6, 6.07) is 3.85. The predicted molar refractivity (Wildman–Crippen MR) is 217 cm³/mol. The molecular weight excluding hydrogens is 812 g/mol. The number of hydrogen-bond acceptors (Lipinski definition) is 13. The molecule has 0 saturated carbocycles. The quantitative estimate of drug-likeness (QED) is 0.0462. The number of carboxylic acid groups (broad SMARTS) is 1. The molecule has 21 heteroatoms. The summed E-state index contributed by atoms with van der Waals surface area (Å²) in [5.74, 6) is -4.91. The Hall–Kier alpha value is -6.77. The zero-order valence-corrected chi connectivity index (χ0v) is 34.4. The highest BCUT2D eigenvalue weighted by molar-refractivity contribution is 5.92. The van der Waals surface area contributed by atoms with Crippen molar-refractivity contribution >= 4 is 59.8 Å². The molecule has 5 rings (SSSR count). The third kappa shape index (κ3) is 10.4. The third-order valence-electron chi connectivity index (χ3n) is 11.1. The van der Waals surface area contributed by atoms with E-state index < -0.39 is 85.1 Å². The fourth-order valence-electron chi connectivity index (χ4n) is 8.29. The molecule has 0 aromatic heterocycles. The minimum atomic E-state index is -1.73. The predicted octanol–water partition coefficient (Wildman–Crippen LogP) is -1.76. The van der Waals surface area contributed by atoms with Gasteiger partial charge in [0.15, 0.2) is 6.23 Å². The van der Waals surface area contributed by atoms with Crippen LogP contribution in [0.4, 0.5) is 5.69 Å². The van der Waals surface area contributed by atoms with Crippen molar-refractivity contribution in [2.75, 3.05) is 25.0 Å². The summed E-state index contributed by atoms with van der Waals surface area (Å²) < 4.78 is 6.69. The number of benzene rings is 2. The van der Waals surface area contributed by atoms with Gasteiger partial charge in [-0.25, -0.2) is 0 Å². The van der Waals surface area contributed by atoms with Gasteiger partial charge < -0.3 is 67.4 Å². The second-order valence-corrected chi connectivity index (χ2v) is 15.7. The first-order chi connectivity index (χ1) is 29.5. The fraction of sp³-hybridized carbons (Fsp3) is 0.488. The molecule has 3 aliphatic heterocycles. The number of amides is 7. The highest BCUT2D eigenvalue weighted by Gasteiger charge is 2.58. The van der Waals surface area contributed by atoms with Crippen molar-refractivity contribution in [1.29, 1.82) is 0 Å². The maximum atomic E-state index is 14.0. The molecule has 0 bridgehead atoms. The summed E-state index contributed by atoms with van der Waals surface area (Å²) in [6.07, 6.45) is -1.13. The van der Waals surface area contributed by atoms with Gasteiger partial charge in [0.1, 0.15) is 48.6 Å². The number of para-hydroxylation sites is 1. The lowest BCUT2D eigenvalue weighted by atomic mass is 9.70. The Labute approximate surface area is 355 Å². The monoisotopic (exact) mass is 864 g/mol. The first-order valence-electron chi connectivity index (χ1n) is 20.2. The lowest BCUT2D eigenvalue weighted by molar-refractivity contribution is -0.138. The van der Waals surface area contributed by atoms with Crippen molar-refractivity contribution in [1.82, 2.24) is 37.2 Å². The number of aromatic hydroxyl groups is 1. The molecule has 11 N–H and O–H groups in total. The van der Waals surface area contributed by atoms with Crippen LogP contribution in [0.3, 0.4) is 0 Å². The van der Waals surface area contributed by atoms with Crippen molar-refractivity contribution in [3.63, 3.8) is 0 Å². The average molecular weight is 865 g/mol. The molecule has 7 unspecified atom stereocenters. The van der Waals surface area contributed by atoms with E-state index in [1.165, 1.54) is 12.1 Å². The summed E-state index contributed by atoms with van der Waals surface area (Å²) >= 11 is 0. The molecule has 7 amide bonds. The third-order valence-corrected chi connectivity index (χ3v) is 11.1. The largest absolute Gasteiger partial charge is 0.506 e. The Balaban J connectivity index is 1.60. The lowest BCUT2D eigenvalue weighted by Crippen LogP contribution is -2.53. The van der Waals surface area contributed by atoms with Crippen molar-refractivity contribution in [3.8, 4) is 11.5 Å². The summed E-state index contributed by atoms with van der Waals surface area (Å²) in [5.41, 5.74) is 0.195. The first-order valence-corrected chi connectivity index (χ1v) is 20.2. The topological polar surface area (TPSA) is 320 Å². The van der Waals surface area contributed by atoms with E-state index in [-0.39, 0.29) is 72.9 Å². The molecule has 0 radical (unpaired) electrons. The van der Waals surface area contributed by atoms with Crippen LogP contribution in [0.2, 0.25) is 0 Å². The zero-order chi connectivity index (χ0) is 45.3. The lowest BCUT2D eigenvalue weighted by Gasteiger charge is -2.33. The Bertz CT molecular complexity index is 2100. The number of ether oxygens (including phenoxy) is 1. The van der Waals surface area contributed by atoms with Gasteiger partial charge in [0.05, 0.1) is 24.2 Å². The number of fused-ring (bicyclic) bond motifs is 5. The summed E-state index contributed by atoms with van der Waals surface area (Å²) in [7, 11) is 0. The van der Waals surface area contributed by atoms with Gasteiger partial charge in [-0.2, -0.15) is 0 Å².